The van der Waals surface area contributed by atoms with Crippen LogP contribution in [0.2, 0.25) is 0 Å². The summed E-state index contributed by atoms with van der Waals surface area (Å²) in [6.45, 7) is 3.06. The van der Waals surface area contributed by atoms with Crippen LogP contribution < -0.4 is 0 Å². The van der Waals surface area contributed by atoms with Gasteiger partial charge in [-0.3, -0.25) is 10.1 Å². The maximum atomic E-state index is 11.0. The summed E-state index contributed by atoms with van der Waals surface area (Å²) in [6.07, 6.45) is 1.55. The largest absolute Gasteiger partial charge is 0.264 e. The first-order valence-electron chi connectivity index (χ1n) is 5.55. The molecule has 0 saturated carbocycles. The van der Waals surface area contributed by atoms with Crippen molar-refractivity contribution in [1.82, 2.24) is 9.97 Å². The zero-order valence-electron chi connectivity index (χ0n) is 10.2. The van der Waals surface area contributed by atoms with Crippen LogP contribution >= 0.6 is 0 Å². The first-order chi connectivity index (χ1) is 8.51. The molecule has 5 heteroatoms. The Morgan fingerprint density at radius 3 is 2.44 bits per heavy atom. The van der Waals surface area contributed by atoms with Crippen LogP contribution in [0.25, 0.3) is 11.4 Å². The Hall–Kier alpha value is -2.30. The van der Waals surface area contributed by atoms with Gasteiger partial charge < -0.3 is 0 Å². The van der Waals surface area contributed by atoms with Crippen molar-refractivity contribution < 1.29 is 4.92 Å². The molecule has 0 fully saturated rings. The fourth-order valence-electron chi connectivity index (χ4n) is 1.52. The third-order valence-corrected chi connectivity index (χ3v) is 2.77. The summed E-state index contributed by atoms with van der Waals surface area (Å²) in [5, 5.41) is 11.0. The predicted molar refractivity (Wildman–Crippen MR) is 67.5 cm³/mol. The van der Waals surface area contributed by atoms with Crippen molar-refractivity contribution in [3.05, 3.63) is 58.4 Å². The summed E-state index contributed by atoms with van der Waals surface area (Å²) in [7, 11) is 0. The number of benzene rings is 1. The fraction of sp³-hybridized carbons (Fsp3) is 0.231. The monoisotopic (exact) mass is 243 g/mol. The normalized spacial score (nSPS) is 11.2. The van der Waals surface area contributed by atoms with Crippen LogP contribution in [0.15, 0.2) is 42.6 Å². The van der Waals surface area contributed by atoms with Gasteiger partial charge in [0, 0.05) is 30.5 Å². The summed E-state index contributed by atoms with van der Waals surface area (Å²) in [4.78, 5) is 19.1. The van der Waals surface area contributed by atoms with E-state index >= 15 is 0 Å². The number of nitro groups is 1. The van der Waals surface area contributed by atoms with E-state index in [1.54, 1.807) is 12.3 Å². The van der Waals surface area contributed by atoms with E-state index in [1.165, 1.54) is 13.8 Å². The fourth-order valence-corrected chi connectivity index (χ4v) is 1.52. The Morgan fingerprint density at radius 1 is 1.17 bits per heavy atom. The Labute approximate surface area is 105 Å². The molecule has 0 unspecified atom stereocenters. The molecule has 0 N–H and O–H groups in total. The molecule has 0 bridgehead atoms. The molecule has 1 aromatic carbocycles. The van der Waals surface area contributed by atoms with E-state index in [1.807, 2.05) is 30.3 Å². The summed E-state index contributed by atoms with van der Waals surface area (Å²) in [6, 6.07) is 11.0. The maximum Gasteiger partial charge on any atom is 0.258 e. The average molecular weight is 243 g/mol. The summed E-state index contributed by atoms with van der Waals surface area (Å²) in [5.41, 5.74) is 0.0341. The van der Waals surface area contributed by atoms with E-state index in [-0.39, 0.29) is 4.92 Å². The number of aromatic nitrogens is 2. The Bertz CT molecular complexity index is 567. The van der Waals surface area contributed by atoms with Gasteiger partial charge in [-0.05, 0) is 6.07 Å². The lowest BCUT2D eigenvalue weighted by molar-refractivity contribution is -0.570. The zero-order chi connectivity index (χ0) is 13.2. The summed E-state index contributed by atoms with van der Waals surface area (Å²) < 4.78 is 0. The van der Waals surface area contributed by atoms with Crippen molar-refractivity contribution >= 4 is 0 Å². The van der Waals surface area contributed by atoms with Gasteiger partial charge in [0.25, 0.3) is 5.54 Å². The third-order valence-electron chi connectivity index (χ3n) is 2.77. The standard InChI is InChI=1S/C13H13N3O2/c1-13(2,16(17)18)11-8-9-14-12(15-11)10-6-4-3-5-7-10/h3-9H,1-2H3. The highest BCUT2D eigenvalue weighted by Gasteiger charge is 2.35. The Balaban J connectivity index is 2.46. The number of hydrogen-bond donors (Lipinski definition) is 0. The van der Waals surface area contributed by atoms with Crippen molar-refractivity contribution in [1.29, 1.82) is 0 Å². The van der Waals surface area contributed by atoms with Gasteiger partial charge in [-0.2, -0.15) is 0 Å². The van der Waals surface area contributed by atoms with E-state index < -0.39 is 5.54 Å². The second-order valence-electron chi connectivity index (χ2n) is 4.45. The van der Waals surface area contributed by atoms with Gasteiger partial charge in [-0.15, -0.1) is 0 Å². The molecule has 0 amide bonds. The molecule has 2 rings (SSSR count). The highest BCUT2D eigenvalue weighted by Crippen LogP contribution is 2.23. The molecular formula is C13H13N3O2. The molecule has 92 valence electrons. The maximum absolute atomic E-state index is 11.0. The van der Waals surface area contributed by atoms with Gasteiger partial charge in [0.05, 0.1) is 0 Å². The van der Waals surface area contributed by atoms with Crippen molar-refractivity contribution in [2.24, 2.45) is 0 Å². The molecule has 0 spiro atoms. The topological polar surface area (TPSA) is 68.9 Å². The smallest absolute Gasteiger partial charge is 0.258 e. The molecule has 0 aliphatic rings. The zero-order valence-corrected chi connectivity index (χ0v) is 10.2. The molecule has 0 atom stereocenters. The summed E-state index contributed by atoms with van der Waals surface area (Å²) in [5.74, 6) is 0.503. The van der Waals surface area contributed by atoms with Crippen LogP contribution in [0.4, 0.5) is 0 Å². The van der Waals surface area contributed by atoms with Gasteiger partial charge in [0.2, 0.25) is 0 Å². The number of nitrogens with zero attached hydrogens (tertiary/aromatic N) is 3. The van der Waals surface area contributed by atoms with Gasteiger partial charge in [-0.25, -0.2) is 9.97 Å². The minimum atomic E-state index is -1.22. The Kier molecular flexibility index (Phi) is 3.06. The van der Waals surface area contributed by atoms with Crippen molar-refractivity contribution in [2.45, 2.75) is 19.4 Å². The molecule has 0 aliphatic carbocycles. The minimum absolute atomic E-state index is 0.343. The van der Waals surface area contributed by atoms with Crippen LogP contribution in [0.5, 0.6) is 0 Å². The average Bonchev–Trinajstić information content (AvgIpc) is 2.40. The van der Waals surface area contributed by atoms with Crippen LogP contribution in [0.1, 0.15) is 19.5 Å². The van der Waals surface area contributed by atoms with Gasteiger partial charge in [0.15, 0.2) is 5.82 Å². The lowest BCUT2D eigenvalue weighted by atomic mass is 10.0. The van der Waals surface area contributed by atoms with Gasteiger partial charge in [-0.1, -0.05) is 30.3 Å². The lowest BCUT2D eigenvalue weighted by Crippen LogP contribution is -2.29. The molecule has 0 saturated heterocycles. The first-order valence-corrected chi connectivity index (χ1v) is 5.55. The predicted octanol–water partition coefficient (Wildman–Crippen LogP) is 2.66. The van der Waals surface area contributed by atoms with Crippen molar-refractivity contribution in [2.75, 3.05) is 0 Å². The second kappa shape index (κ2) is 4.52. The molecule has 0 radical (unpaired) electrons. The van der Waals surface area contributed by atoms with E-state index in [0.717, 1.165) is 5.56 Å². The molecule has 0 aliphatic heterocycles. The number of rotatable bonds is 3. The highest BCUT2D eigenvalue weighted by molar-refractivity contribution is 5.54. The van der Waals surface area contributed by atoms with E-state index in [9.17, 15) is 10.1 Å². The molecule has 1 heterocycles. The molecule has 1 aromatic heterocycles. The quantitative estimate of drug-likeness (QED) is 0.613. The Morgan fingerprint density at radius 2 is 1.83 bits per heavy atom. The molecular weight excluding hydrogens is 230 g/mol. The highest BCUT2D eigenvalue weighted by atomic mass is 16.6. The van der Waals surface area contributed by atoms with E-state index in [0.29, 0.717) is 11.5 Å². The lowest BCUT2D eigenvalue weighted by Gasteiger charge is -2.15. The van der Waals surface area contributed by atoms with Gasteiger partial charge in [0.1, 0.15) is 5.69 Å². The molecule has 2 aromatic rings. The van der Waals surface area contributed by atoms with Crippen LogP contribution in [0, 0.1) is 10.1 Å². The van der Waals surface area contributed by atoms with Crippen molar-refractivity contribution in [3.8, 4) is 11.4 Å². The van der Waals surface area contributed by atoms with Crippen molar-refractivity contribution in [3.63, 3.8) is 0 Å². The van der Waals surface area contributed by atoms with Crippen LogP contribution in [-0.4, -0.2) is 14.9 Å². The van der Waals surface area contributed by atoms with Gasteiger partial charge >= 0.3 is 0 Å². The van der Waals surface area contributed by atoms with Crippen LogP contribution in [-0.2, 0) is 5.54 Å². The van der Waals surface area contributed by atoms with Crippen LogP contribution in [0.3, 0.4) is 0 Å². The SMILES string of the molecule is CC(C)(c1ccnc(-c2ccccc2)n1)[N+](=O)[O-]. The molecule has 18 heavy (non-hydrogen) atoms. The number of hydrogen-bond acceptors (Lipinski definition) is 4. The van der Waals surface area contributed by atoms with E-state index in [2.05, 4.69) is 9.97 Å². The van der Waals surface area contributed by atoms with E-state index in [4.69, 9.17) is 0 Å². The third kappa shape index (κ3) is 2.20. The molecule has 5 nitrogen and oxygen atoms in total. The minimum Gasteiger partial charge on any atom is -0.264 e. The second-order valence-corrected chi connectivity index (χ2v) is 4.45. The first kappa shape index (κ1) is 12.2. The summed E-state index contributed by atoms with van der Waals surface area (Å²) >= 11 is 0.